The fourth-order valence-electron chi connectivity index (χ4n) is 8.46. The van der Waals surface area contributed by atoms with Gasteiger partial charge >= 0.3 is 0 Å². The van der Waals surface area contributed by atoms with E-state index in [9.17, 15) is 15.0 Å². The maximum absolute atomic E-state index is 13.3. The zero-order valence-corrected chi connectivity index (χ0v) is 19.9. The second kappa shape index (κ2) is 7.73. The summed E-state index contributed by atoms with van der Waals surface area (Å²) in [6, 6.07) is 0. The van der Waals surface area contributed by atoms with Crippen LogP contribution >= 0.6 is 0 Å². The highest BCUT2D eigenvalue weighted by Gasteiger charge is 2.61. The third-order valence-electron chi connectivity index (χ3n) is 10.0. The fraction of sp³-hybridized carbons (Fsp3) is 0.889. The van der Waals surface area contributed by atoms with Crippen LogP contribution in [-0.4, -0.2) is 27.7 Å². The van der Waals surface area contributed by atoms with E-state index in [4.69, 9.17) is 0 Å². The molecule has 0 spiro atoms. The summed E-state index contributed by atoms with van der Waals surface area (Å²) in [6.07, 6.45) is 12.3. The molecule has 0 aromatic carbocycles. The molecule has 0 saturated heterocycles. The van der Waals surface area contributed by atoms with E-state index in [0.717, 1.165) is 51.4 Å². The summed E-state index contributed by atoms with van der Waals surface area (Å²) in [5, 5.41) is 20.3. The lowest BCUT2D eigenvalue weighted by Crippen LogP contribution is -2.51. The maximum Gasteiger partial charge on any atom is 0.137 e. The van der Waals surface area contributed by atoms with Crippen molar-refractivity contribution in [1.82, 2.24) is 0 Å². The van der Waals surface area contributed by atoms with Gasteiger partial charge in [0.15, 0.2) is 0 Å². The van der Waals surface area contributed by atoms with Crippen molar-refractivity contribution in [1.29, 1.82) is 0 Å². The number of carbonyl (C=O) groups excluding carboxylic acids is 1. The van der Waals surface area contributed by atoms with E-state index in [1.165, 1.54) is 18.4 Å². The molecule has 3 fully saturated rings. The lowest BCUT2D eigenvalue weighted by atomic mass is 9.47. The molecular formula is C27H44O3. The van der Waals surface area contributed by atoms with Crippen LogP contribution in [-0.2, 0) is 4.79 Å². The van der Waals surface area contributed by atoms with Crippen LogP contribution in [0.15, 0.2) is 11.6 Å². The average molecular weight is 417 g/mol. The maximum atomic E-state index is 13.3. The first kappa shape index (κ1) is 22.5. The van der Waals surface area contributed by atoms with Crippen LogP contribution in [0.4, 0.5) is 0 Å². The van der Waals surface area contributed by atoms with Crippen molar-refractivity contribution in [2.45, 2.75) is 111 Å². The van der Waals surface area contributed by atoms with E-state index >= 15 is 0 Å². The lowest BCUT2D eigenvalue weighted by Gasteiger charge is -2.58. The predicted molar refractivity (Wildman–Crippen MR) is 121 cm³/mol. The summed E-state index contributed by atoms with van der Waals surface area (Å²) in [6.45, 7) is 10.9. The highest BCUT2D eigenvalue weighted by Crippen LogP contribution is 2.66. The molecule has 0 heterocycles. The lowest BCUT2D eigenvalue weighted by molar-refractivity contribution is -0.124. The van der Waals surface area contributed by atoms with Crippen LogP contribution in [0.5, 0.6) is 0 Å². The van der Waals surface area contributed by atoms with Gasteiger partial charge in [0.2, 0.25) is 0 Å². The summed E-state index contributed by atoms with van der Waals surface area (Å²) in [5.74, 6) is 2.94. The molecule has 30 heavy (non-hydrogen) atoms. The smallest absolute Gasteiger partial charge is 0.137 e. The first-order valence-electron chi connectivity index (χ1n) is 12.6. The van der Waals surface area contributed by atoms with Gasteiger partial charge in [-0.3, -0.25) is 4.79 Å². The Morgan fingerprint density at radius 2 is 1.90 bits per heavy atom. The third-order valence-corrected chi connectivity index (χ3v) is 10.0. The van der Waals surface area contributed by atoms with Crippen molar-refractivity contribution in [3.63, 3.8) is 0 Å². The van der Waals surface area contributed by atoms with E-state index in [0.29, 0.717) is 29.5 Å². The Hall–Kier alpha value is -0.670. The Bertz CT molecular complexity index is 703. The SMILES string of the molecule is C[C@H](CCCC(C)(C)O)[C@H]1C(=O)C[C@H]2[C@@H]3CC=C4C[C@@H](O)CC[C@]4(C)[C@H]3CC[C@@]12C. The van der Waals surface area contributed by atoms with Crippen LogP contribution in [0, 0.1) is 40.4 Å². The Morgan fingerprint density at radius 3 is 2.60 bits per heavy atom. The molecule has 0 unspecified atom stereocenters. The van der Waals surface area contributed by atoms with Gasteiger partial charge in [0.1, 0.15) is 5.78 Å². The Morgan fingerprint density at radius 1 is 1.17 bits per heavy atom. The number of ketones is 1. The molecule has 0 aliphatic heterocycles. The topological polar surface area (TPSA) is 57.5 Å². The summed E-state index contributed by atoms with van der Waals surface area (Å²) in [5.41, 5.74) is 1.27. The number of carbonyl (C=O) groups is 1. The number of Topliss-reactive ketones (excluding diaryl/α,β-unsaturated/α-hetero) is 1. The molecule has 4 aliphatic rings. The number of hydrogen-bond acceptors (Lipinski definition) is 3. The van der Waals surface area contributed by atoms with Crippen molar-refractivity contribution >= 4 is 5.78 Å². The Balaban J connectivity index is 1.52. The largest absolute Gasteiger partial charge is 0.393 e. The van der Waals surface area contributed by atoms with Crippen molar-refractivity contribution < 1.29 is 15.0 Å². The molecule has 0 aromatic rings. The normalized spacial score (nSPS) is 44.7. The van der Waals surface area contributed by atoms with Crippen LogP contribution < -0.4 is 0 Å². The molecular weight excluding hydrogens is 372 g/mol. The van der Waals surface area contributed by atoms with Crippen LogP contribution in [0.3, 0.4) is 0 Å². The summed E-state index contributed by atoms with van der Waals surface area (Å²) in [7, 11) is 0. The molecule has 2 N–H and O–H groups in total. The molecule has 8 atom stereocenters. The summed E-state index contributed by atoms with van der Waals surface area (Å²) in [4.78, 5) is 13.3. The second-order valence-corrected chi connectivity index (χ2v) is 12.5. The van der Waals surface area contributed by atoms with Gasteiger partial charge in [0, 0.05) is 12.3 Å². The zero-order valence-electron chi connectivity index (χ0n) is 19.9. The zero-order chi connectivity index (χ0) is 21.9. The standard InChI is InChI=1S/C27H44O3/c1-17(7-6-12-25(2,3)30)24-23(29)16-22-20-9-8-18-15-19(28)10-13-26(18,4)21(20)11-14-27(22,24)5/h8,17,19-22,24,28,30H,6-7,9-16H2,1-5H3/t17-,19+,20-,21+,22+,24+,26+,27-/m1/s1. The third kappa shape index (κ3) is 3.72. The van der Waals surface area contributed by atoms with Crippen molar-refractivity contribution in [3.05, 3.63) is 11.6 Å². The van der Waals surface area contributed by atoms with E-state index in [2.05, 4.69) is 26.8 Å². The molecule has 0 amide bonds. The van der Waals surface area contributed by atoms with E-state index in [1.54, 1.807) is 0 Å². The number of aliphatic hydroxyl groups is 2. The van der Waals surface area contributed by atoms with Crippen LogP contribution in [0.1, 0.15) is 98.8 Å². The number of fused-ring (bicyclic) bond motifs is 5. The molecule has 0 aromatic heterocycles. The molecule has 0 radical (unpaired) electrons. The summed E-state index contributed by atoms with van der Waals surface area (Å²) < 4.78 is 0. The molecule has 0 bridgehead atoms. The molecule has 4 aliphatic carbocycles. The van der Waals surface area contributed by atoms with Gasteiger partial charge < -0.3 is 10.2 Å². The first-order chi connectivity index (χ1) is 14.0. The Labute approximate surface area is 183 Å². The van der Waals surface area contributed by atoms with Gasteiger partial charge in [-0.2, -0.15) is 0 Å². The monoisotopic (exact) mass is 416 g/mol. The second-order valence-electron chi connectivity index (χ2n) is 12.5. The van der Waals surface area contributed by atoms with Crippen LogP contribution in [0.25, 0.3) is 0 Å². The Kier molecular flexibility index (Phi) is 5.80. The minimum absolute atomic E-state index is 0.141. The number of aliphatic hydroxyl groups excluding tert-OH is 1. The number of rotatable bonds is 5. The number of allylic oxidation sites excluding steroid dienone is 1. The predicted octanol–water partition coefficient (Wildman–Crippen LogP) is 5.68. The highest BCUT2D eigenvalue weighted by atomic mass is 16.3. The minimum Gasteiger partial charge on any atom is -0.393 e. The van der Waals surface area contributed by atoms with E-state index in [1.807, 2.05) is 13.8 Å². The highest BCUT2D eigenvalue weighted by molar-refractivity contribution is 5.85. The first-order valence-corrected chi connectivity index (χ1v) is 12.6. The van der Waals surface area contributed by atoms with Crippen molar-refractivity contribution in [2.75, 3.05) is 0 Å². The van der Waals surface area contributed by atoms with Gasteiger partial charge in [-0.1, -0.05) is 38.8 Å². The van der Waals surface area contributed by atoms with Crippen molar-refractivity contribution in [3.8, 4) is 0 Å². The molecule has 3 heteroatoms. The van der Waals surface area contributed by atoms with Gasteiger partial charge in [0.05, 0.1) is 11.7 Å². The van der Waals surface area contributed by atoms with Gasteiger partial charge in [-0.25, -0.2) is 0 Å². The van der Waals surface area contributed by atoms with Crippen molar-refractivity contribution in [2.24, 2.45) is 40.4 Å². The minimum atomic E-state index is -0.612. The van der Waals surface area contributed by atoms with Gasteiger partial charge in [0.25, 0.3) is 0 Å². The van der Waals surface area contributed by atoms with Gasteiger partial charge in [-0.15, -0.1) is 0 Å². The molecule has 4 rings (SSSR count). The van der Waals surface area contributed by atoms with E-state index in [-0.39, 0.29) is 22.9 Å². The average Bonchev–Trinajstić information content (AvgIpc) is 2.91. The quantitative estimate of drug-likeness (QED) is 0.567. The number of hydrogen-bond donors (Lipinski definition) is 2. The van der Waals surface area contributed by atoms with Crippen LogP contribution in [0.2, 0.25) is 0 Å². The molecule has 3 saturated carbocycles. The van der Waals surface area contributed by atoms with Gasteiger partial charge in [-0.05, 0) is 99.7 Å². The fourth-order valence-corrected chi connectivity index (χ4v) is 8.46. The van der Waals surface area contributed by atoms with E-state index < -0.39 is 5.60 Å². The summed E-state index contributed by atoms with van der Waals surface area (Å²) >= 11 is 0. The molecule has 3 nitrogen and oxygen atoms in total. The molecule has 170 valence electrons.